The van der Waals surface area contributed by atoms with E-state index >= 15 is 0 Å². The van der Waals surface area contributed by atoms with Crippen molar-refractivity contribution in [1.82, 2.24) is 10.2 Å². The number of carbonyl (C=O) groups excluding carboxylic acids is 3. The molecule has 7 nitrogen and oxygen atoms in total. The first-order valence-electron chi connectivity index (χ1n) is 6.39. The van der Waals surface area contributed by atoms with Gasteiger partial charge in [-0.05, 0) is 12.3 Å². The molecule has 0 saturated carbocycles. The minimum absolute atomic E-state index is 0.139. The molecular weight excluding hydrogens is 296 g/mol. The van der Waals surface area contributed by atoms with E-state index in [1.807, 2.05) is 0 Å². The Labute approximate surface area is 125 Å². The Bertz CT molecular complexity index is 555. The number of β-lactam (4-membered cyclic amide) rings is 1. The van der Waals surface area contributed by atoms with Crippen molar-refractivity contribution < 1.29 is 24.6 Å². The van der Waals surface area contributed by atoms with Crippen molar-refractivity contribution in [2.45, 2.75) is 32.4 Å². The number of carbonyl (C=O) groups is 3. The molecule has 0 aromatic heterocycles. The number of aliphatic hydroxyl groups is 1. The van der Waals surface area contributed by atoms with Crippen LogP contribution in [0.2, 0.25) is 0 Å². The van der Waals surface area contributed by atoms with E-state index in [4.69, 9.17) is 0 Å². The van der Waals surface area contributed by atoms with Crippen molar-refractivity contribution in [1.29, 1.82) is 0 Å². The predicted octanol–water partition coefficient (Wildman–Crippen LogP) is -1.10. The molecule has 21 heavy (non-hydrogen) atoms. The van der Waals surface area contributed by atoms with Crippen LogP contribution in [0.1, 0.15) is 20.3 Å². The molecule has 0 spiro atoms. The zero-order chi connectivity index (χ0) is 15.7. The summed E-state index contributed by atoms with van der Waals surface area (Å²) < 4.78 is 0. The van der Waals surface area contributed by atoms with Gasteiger partial charge in [-0.15, -0.1) is 0 Å². The fourth-order valence-corrected chi connectivity index (χ4v) is 3.45. The number of nitrogens with zero attached hydrogens (tertiary/aromatic N) is 1. The second-order valence-corrected chi connectivity index (χ2v) is 5.93. The van der Waals surface area contributed by atoms with E-state index in [1.54, 1.807) is 0 Å². The van der Waals surface area contributed by atoms with Gasteiger partial charge in [-0.1, -0.05) is 11.8 Å². The van der Waals surface area contributed by atoms with Crippen LogP contribution in [0.5, 0.6) is 0 Å². The van der Waals surface area contributed by atoms with Gasteiger partial charge in [0.05, 0.1) is 29.7 Å². The summed E-state index contributed by atoms with van der Waals surface area (Å²) in [6, 6.07) is -0.331. The Morgan fingerprint density at radius 2 is 2.24 bits per heavy atom. The summed E-state index contributed by atoms with van der Waals surface area (Å²) in [6.45, 7) is 2.87. The van der Waals surface area contributed by atoms with Crippen molar-refractivity contribution in [2.75, 3.05) is 0 Å². The summed E-state index contributed by atoms with van der Waals surface area (Å²) in [6.07, 6.45) is 0.942. The zero-order valence-corrected chi connectivity index (χ0v) is 12.3. The summed E-state index contributed by atoms with van der Waals surface area (Å²) in [5, 5.41) is 24.8. The molecule has 0 radical (unpaired) electrons. The number of thioether (sulfide) groups is 1. The Morgan fingerprint density at radius 3 is 2.76 bits per heavy atom. The number of fused-ring (bicyclic) bond motifs is 1. The van der Waals surface area contributed by atoms with Gasteiger partial charge in [0.25, 0.3) is 0 Å². The third-order valence-electron chi connectivity index (χ3n) is 3.45. The number of amides is 2. The lowest BCUT2D eigenvalue weighted by Crippen LogP contribution is -2.62. The minimum atomic E-state index is -1.41. The van der Waals surface area contributed by atoms with E-state index in [1.165, 1.54) is 30.4 Å². The summed E-state index contributed by atoms with van der Waals surface area (Å²) in [7, 11) is 0. The minimum Gasteiger partial charge on any atom is -0.543 e. The number of aliphatic hydroxyl groups excluding tert-OH is 1. The number of nitrogens with one attached hydrogen (secondary N) is 1. The SMILES string of the molecule is CC(=O)N/C=C/SC1=C(C(=O)[O-])N2C(=O)[C@H]([C@H](C)O)[C@H]2C1. The maximum absolute atomic E-state index is 11.9. The standard InChI is InChI=1S/C13H16N2O5S/c1-6(16)10-8-5-9(21-4-3-14-7(2)17)11(13(19)20)15(8)12(10)18/h3-4,6,8,10,16H,5H2,1-2H3,(H,14,17)(H,19,20)/p-1/b4-3+/t6-,8+,10+/m0/s1. The zero-order valence-electron chi connectivity index (χ0n) is 11.5. The number of carboxylic acid groups (broad SMARTS) is 1. The van der Waals surface area contributed by atoms with E-state index in [0.29, 0.717) is 11.3 Å². The third kappa shape index (κ3) is 2.81. The van der Waals surface area contributed by atoms with Gasteiger partial charge in [-0.2, -0.15) is 0 Å². The third-order valence-corrected chi connectivity index (χ3v) is 4.36. The molecule has 2 aliphatic heterocycles. The molecule has 0 aromatic rings. The van der Waals surface area contributed by atoms with Gasteiger partial charge in [0.1, 0.15) is 0 Å². The lowest BCUT2D eigenvalue weighted by Gasteiger charge is -2.45. The number of rotatable bonds is 5. The lowest BCUT2D eigenvalue weighted by atomic mass is 9.83. The monoisotopic (exact) mass is 311 g/mol. The van der Waals surface area contributed by atoms with Crippen LogP contribution < -0.4 is 10.4 Å². The lowest BCUT2D eigenvalue weighted by molar-refractivity contribution is -0.301. The van der Waals surface area contributed by atoms with Crippen molar-refractivity contribution in [3.63, 3.8) is 0 Å². The Hall–Kier alpha value is -1.80. The Kier molecular flexibility index (Phi) is 4.38. The van der Waals surface area contributed by atoms with Crippen molar-refractivity contribution >= 4 is 29.5 Å². The van der Waals surface area contributed by atoms with Gasteiger partial charge in [-0.25, -0.2) is 0 Å². The highest BCUT2D eigenvalue weighted by molar-refractivity contribution is 8.05. The number of aliphatic carboxylic acids is 1. The molecule has 2 aliphatic rings. The largest absolute Gasteiger partial charge is 0.543 e. The van der Waals surface area contributed by atoms with E-state index in [2.05, 4.69) is 5.32 Å². The molecule has 114 valence electrons. The molecule has 2 amide bonds. The summed E-state index contributed by atoms with van der Waals surface area (Å²) >= 11 is 1.11. The number of hydrogen-bond acceptors (Lipinski definition) is 6. The topological polar surface area (TPSA) is 110 Å². The molecule has 1 saturated heterocycles. The second kappa shape index (κ2) is 5.90. The van der Waals surface area contributed by atoms with Crippen LogP contribution in [0.25, 0.3) is 0 Å². The van der Waals surface area contributed by atoms with Crippen LogP contribution in [0.4, 0.5) is 0 Å². The molecule has 2 N–H and O–H groups in total. The average molecular weight is 311 g/mol. The van der Waals surface area contributed by atoms with Crippen LogP contribution in [0.15, 0.2) is 22.2 Å². The summed E-state index contributed by atoms with van der Waals surface area (Å²) in [5.41, 5.74) is -0.139. The molecule has 0 aliphatic carbocycles. The van der Waals surface area contributed by atoms with E-state index < -0.39 is 23.9 Å². The molecular formula is C13H15N2O5S-. The van der Waals surface area contributed by atoms with Gasteiger partial charge in [0.2, 0.25) is 11.8 Å². The van der Waals surface area contributed by atoms with Crippen LogP contribution >= 0.6 is 11.8 Å². The predicted molar refractivity (Wildman–Crippen MR) is 73.0 cm³/mol. The van der Waals surface area contributed by atoms with Gasteiger partial charge in [0.15, 0.2) is 0 Å². The fourth-order valence-electron chi connectivity index (χ4n) is 2.59. The highest BCUT2D eigenvalue weighted by Gasteiger charge is 2.55. The van der Waals surface area contributed by atoms with Crippen molar-refractivity contribution in [3.05, 3.63) is 22.2 Å². The summed E-state index contributed by atoms with van der Waals surface area (Å²) in [4.78, 5) is 35.5. The van der Waals surface area contributed by atoms with Gasteiger partial charge in [-0.3, -0.25) is 9.59 Å². The molecule has 2 rings (SSSR count). The maximum Gasteiger partial charge on any atom is 0.235 e. The highest BCUT2D eigenvalue weighted by atomic mass is 32.2. The molecule has 0 bridgehead atoms. The average Bonchev–Trinajstić information content (AvgIpc) is 2.68. The molecule has 0 unspecified atom stereocenters. The molecule has 1 fully saturated rings. The van der Waals surface area contributed by atoms with Gasteiger partial charge >= 0.3 is 0 Å². The number of carboxylic acids is 1. The summed E-state index contributed by atoms with van der Waals surface area (Å²) in [5.74, 6) is -2.61. The molecule has 2 heterocycles. The van der Waals surface area contributed by atoms with Gasteiger partial charge < -0.3 is 25.2 Å². The Balaban J connectivity index is 2.13. The van der Waals surface area contributed by atoms with Crippen molar-refractivity contribution in [3.8, 4) is 0 Å². The van der Waals surface area contributed by atoms with E-state index in [9.17, 15) is 24.6 Å². The molecule has 3 atom stereocenters. The fraction of sp³-hybridized carbons (Fsp3) is 0.462. The Morgan fingerprint density at radius 1 is 1.57 bits per heavy atom. The van der Waals surface area contributed by atoms with E-state index in [-0.39, 0.29) is 17.6 Å². The van der Waals surface area contributed by atoms with E-state index in [0.717, 1.165) is 11.8 Å². The smallest absolute Gasteiger partial charge is 0.235 e. The normalized spacial score (nSPS) is 25.9. The van der Waals surface area contributed by atoms with Crippen molar-refractivity contribution in [2.24, 2.45) is 5.92 Å². The van der Waals surface area contributed by atoms with Crippen LogP contribution in [-0.2, 0) is 14.4 Å². The molecule has 8 heteroatoms. The highest BCUT2D eigenvalue weighted by Crippen LogP contribution is 2.46. The number of hydrogen-bond donors (Lipinski definition) is 2. The van der Waals surface area contributed by atoms with Crippen LogP contribution in [0.3, 0.4) is 0 Å². The first-order chi connectivity index (χ1) is 9.84. The van der Waals surface area contributed by atoms with Crippen LogP contribution in [-0.4, -0.2) is 39.9 Å². The quantitative estimate of drug-likeness (QED) is 0.624. The first kappa shape index (κ1) is 15.6. The molecule has 0 aromatic carbocycles. The second-order valence-electron chi connectivity index (χ2n) is 4.93. The van der Waals surface area contributed by atoms with Crippen LogP contribution in [0, 0.1) is 5.92 Å². The maximum atomic E-state index is 11.9. The first-order valence-corrected chi connectivity index (χ1v) is 7.27. The van der Waals surface area contributed by atoms with Gasteiger partial charge in [0, 0.05) is 24.4 Å².